The van der Waals surface area contributed by atoms with Gasteiger partial charge in [-0.15, -0.1) is 0 Å². The van der Waals surface area contributed by atoms with Crippen LogP contribution in [0.2, 0.25) is 0 Å². The summed E-state index contributed by atoms with van der Waals surface area (Å²) >= 11 is 0. The fourth-order valence-corrected chi connectivity index (χ4v) is 4.20. The molecule has 0 aliphatic carbocycles. The van der Waals surface area contributed by atoms with Crippen LogP contribution in [0.1, 0.15) is 12.8 Å². The lowest BCUT2D eigenvalue weighted by Crippen LogP contribution is -2.43. The van der Waals surface area contributed by atoms with Crippen LogP contribution in [0.15, 0.2) is 70.6 Å². The molecule has 11 heteroatoms. The van der Waals surface area contributed by atoms with Gasteiger partial charge in [-0.05, 0) is 48.1 Å². The minimum atomic E-state index is -3.31. The van der Waals surface area contributed by atoms with Crippen molar-refractivity contribution in [1.29, 1.82) is 0 Å². The van der Waals surface area contributed by atoms with Gasteiger partial charge in [0.2, 0.25) is 0 Å². The largest absolute Gasteiger partial charge is 0.490 e. The molecular weight excluding hydrogens is 457 g/mol. The van der Waals surface area contributed by atoms with Crippen LogP contribution in [0.3, 0.4) is 0 Å². The normalized spacial score (nSPS) is 14.6. The Morgan fingerprint density at radius 1 is 1.06 bits per heavy atom. The number of hydrogen-bond acceptors (Lipinski definition) is 7. The zero-order valence-corrected chi connectivity index (χ0v) is 19.3. The standard InChI is InChI=1S/C23H22BN3O6S/c1-34(30,31)20-5-2-16(3-6-20)27-13-10-18(14-22(27)28)32-17-8-11-26(12-9-17)23(29)33-19-4-7-21(24)25-15-19/h2-7,10,13-15,17H,8-9,11-12H2,1H3. The molecule has 4 rings (SSSR count). The molecule has 1 fully saturated rings. The molecule has 1 aliphatic rings. The number of pyridine rings is 2. The van der Waals surface area contributed by atoms with Crippen molar-refractivity contribution >= 4 is 29.4 Å². The Bertz CT molecular complexity index is 1330. The van der Waals surface area contributed by atoms with Gasteiger partial charge in [-0.25, -0.2) is 13.2 Å². The van der Waals surface area contributed by atoms with Crippen molar-refractivity contribution in [2.24, 2.45) is 0 Å². The SMILES string of the molecule is [B]c1ccc(OC(=O)N2CCC(Oc3ccn(-c4ccc(S(C)(=O)=O)cc4)c(=O)c3)CC2)cn1. The number of amides is 1. The van der Waals surface area contributed by atoms with E-state index in [1.807, 2.05) is 0 Å². The van der Waals surface area contributed by atoms with Crippen LogP contribution < -0.4 is 20.6 Å². The summed E-state index contributed by atoms with van der Waals surface area (Å²) in [5, 5.41) is 0. The monoisotopic (exact) mass is 479 g/mol. The summed E-state index contributed by atoms with van der Waals surface area (Å²) in [5.74, 6) is 0.757. The molecule has 0 spiro atoms. The molecule has 0 bridgehead atoms. The lowest BCUT2D eigenvalue weighted by atomic mass is 10.0. The van der Waals surface area contributed by atoms with E-state index in [2.05, 4.69) is 4.98 Å². The number of likely N-dealkylation sites (tertiary alicyclic amines) is 1. The number of ether oxygens (including phenoxy) is 2. The van der Waals surface area contributed by atoms with Crippen molar-refractivity contribution in [2.75, 3.05) is 19.3 Å². The average Bonchev–Trinajstić information content (AvgIpc) is 2.81. The predicted octanol–water partition coefficient (Wildman–Crippen LogP) is 1.47. The van der Waals surface area contributed by atoms with Crippen LogP contribution in [-0.2, 0) is 9.84 Å². The van der Waals surface area contributed by atoms with Crippen LogP contribution in [0.4, 0.5) is 4.79 Å². The molecule has 0 saturated carbocycles. The Balaban J connectivity index is 1.33. The van der Waals surface area contributed by atoms with Crippen molar-refractivity contribution in [3.63, 3.8) is 0 Å². The molecule has 0 unspecified atom stereocenters. The zero-order chi connectivity index (χ0) is 24.3. The highest BCUT2D eigenvalue weighted by molar-refractivity contribution is 7.90. The Hall–Kier alpha value is -3.60. The molecule has 1 amide bonds. The first kappa shape index (κ1) is 23.6. The van der Waals surface area contributed by atoms with E-state index in [1.54, 1.807) is 41.4 Å². The summed E-state index contributed by atoms with van der Waals surface area (Å²) in [5.41, 5.74) is 0.588. The average molecular weight is 479 g/mol. The topological polar surface area (TPSA) is 108 Å². The van der Waals surface area contributed by atoms with E-state index in [9.17, 15) is 18.0 Å². The maximum atomic E-state index is 12.6. The molecule has 34 heavy (non-hydrogen) atoms. The molecule has 1 aromatic carbocycles. The molecule has 3 aromatic rings. The van der Waals surface area contributed by atoms with Crippen molar-refractivity contribution in [1.82, 2.24) is 14.5 Å². The van der Waals surface area contributed by atoms with E-state index < -0.39 is 15.9 Å². The maximum Gasteiger partial charge on any atom is 0.415 e. The second kappa shape index (κ2) is 9.72. The van der Waals surface area contributed by atoms with E-state index >= 15 is 0 Å². The van der Waals surface area contributed by atoms with Crippen molar-refractivity contribution in [3.8, 4) is 17.2 Å². The van der Waals surface area contributed by atoms with E-state index in [1.165, 1.54) is 29.0 Å². The molecule has 0 N–H and O–H groups in total. The number of aromatic nitrogens is 2. The molecule has 3 heterocycles. The van der Waals surface area contributed by atoms with Gasteiger partial charge in [0.1, 0.15) is 19.7 Å². The van der Waals surface area contributed by atoms with E-state index in [4.69, 9.17) is 17.3 Å². The van der Waals surface area contributed by atoms with Gasteiger partial charge in [0, 0.05) is 50.1 Å². The third-order valence-electron chi connectivity index (χ3n) is 5.40. The zero-order valence-electron chi connectivity index (χ0n) is 18.5. The first-order chi connectivity index (χ1) is 16.2. The van der Waals surface area contributed by atoms with E-state index in [-0.39, 0.29) is 16.6 Å². The minimum absolute atomic E-state index is 0.147. The molecule has 2 radical (unpaired) electrons. The van der Waals surface area contributed by atoms with Crippen molar-refractivity contribution in [3.05, 3.63) is 71.3 Å². The third-order valence-corrected chi connectivity index (χ3v) is 6.53. The van der Waals surface area contributed by atoms with Crippen molar-refractivity contribution < 1.29 is 22.7 Å². The fourth-order valence-electron chi connectivity index (χ4n) is 3.57. The predicted molar refractivity (Wildman–Crippen MR) is 126 cm³/mol. The Kier molecular flexibility index (Phi) is 6.74. The van der Waals surface area contributed by atoms with Gasteiger partial charge in [0.25, 0.3) is 5.56 Å². The van der Waals surface area contributed by atoms with Crippen LogP contribution in [0.25, 0.3) is 5.69 Å². The van der Waals surface area contributed by atoms with Gasteiger partial charge >= 0.3 is 6.09 Å². The third kappa shape index (κ3) is 5.66. The summed E-state index contributed by atoms with van der Waals surface area (Å²) < 4.78 is 35.9. The van der Waals surface area contributed by atoms with Crippen LogP contribution >= 0.6 is 0 Å². The van der Waals surface area contributed by atoms with Gasteiger partial charge in [-0.2, -0.15) is 0 Å². The lowest BCUT2D eigenvalue weighted by Gasteiger charge is -2.31. The molecular formula is C23H22BN3O6S. The highest BCUT2D eigenvalue weighted by Gasteiger charge is 2.25. The summed E-state index contributed by atoms with van der Waals surface area (Å²) in [6.45, 7) is 0.908. The van der Waals surface area contributed by atoms with E-state index in [0.717, 1.165) is 6.26 Å². The van der Waals surface area contributed by atoms with Crippen LogP contribution in [0.5, 0.6) is 11.5 Å². The molecule has 174 valence electrons. The summed E-state index contributed by atoms with van der Waals surface area (Å²) in [6, 6.07) is 12.3. The number of hydrogen-bond donors (Lipinski definition) is 0. The highest BCUT2D eigenvalue weighted by Crippen LogP contribution is 2.20. The van der Waals surface area contributed by atoms with Crippen LogP contribution in [0, 0.1) is 0 Å². The van der Waals surface area contributed by atoms with Gasteiger partial charge < -0.3 is 14.4 Å². The first-order valence-corrected chi connectivity index (χ1v) is 12.5. The number of sulfone groups is 1. The molecule has 1 aliphatic heterocycles. The maximum absolute atomic E-state index is 12.6. The number of rotatable bonds is 5. The van der Waals surface area contributed by atoms with Gasteiger partial charge in [0.05, 0.1) is 11.1 Å². The molecule has 9 nitrogen and oxygen atoms in total. The minimum Gasteiger partial charge on any atom is -0.490 e. The number of carbonyl (C=O) groups is 1. The number of nitrogens with zero attached hydrogens (tertiary/aromatic N) is 3. The second-order valence-corrected chi connectivity index (χ2v) is 9.94. The number of piperidine rings is 1. The quantitative estimate of drug-likeness (QED) is 0.510. The second-order valence-electron chi connectivity index (χ2n) is 7.93. The smallest absolute Gasteiger partial charge is 0.415 e. The Morgan fingerprint density at radius 3 is 2.35 bits per heavy atom. The molecule has 1 saturated heterocycles. The summed E-state index contributed by atoms with van der Waals surface area (Å²) in [6.07, 6.45) is 4.67. The van der Waals surface area contributed by atoms with E-state index in [0.29, 0.717) is 48.7 Å². The first-order valence-electron chi connectivity index (χ1n) is 10.6. The molecule has 0 atom stereocenters. The van der Waals surface area contributed by atoms with Gasteiger partial charge in [-0.3, -0.25) is 14.3 Å². The fraction of sp³-hybridized carbons (Fsp3) is 0.261. The Morgan fingerprint density at radius 2 is 1.76 bits per heavy atom. The highest BCUT2D eigenvalue weighted by atomic mass is 32.2. The van der Waals surface area contributed by atoms with Gasteiger partial charge in [-0.1, -0.05) is 0 Å². The van der Waals surface area contributed by atoms with Crippen LogP contribution in [-0.4, -0.2) is 62.3 Å². The van der Waals surface area contributed by atoms with Crippen molar-refractivity contribution in [2.45, 2.75) is 23.8 Å². The summed E-state index contributed by atoms with van der Waals surface area (Å²) in [7, 11) is 2.22. The Labute approximate surface area is 198 Å². The lowest BCUT2D eigenvalue weighted by molar-refractivity contribution is 0.0928. The number of carbonyl (C=O) groups excluding carboxylic acids is 1. The molecule has 2 aromatic heterocycles. The number of benzene rings is 1. The summed E-state index contributed by atoms with van der Waals surface area (Å²) in [4.78, 5) is 30.6. The van der Waals surface area contributed by atoms with Gasteiger partial charge in [0.15, 0.2) is 15.6 Å².